The molecule has 0 saturated carbocycles. The number of carbonyl (C=O) groups excluding carboxylic acids is 1. The van der Waals surface area contributed by atoms with Crippen LogP contribution in [0.3, 0.4) is 0 Å². The summed E-state index contributed by atoms with van der Waals surface area (Å²) in [7, 11) is 4.36. The van der Waals surface area contributed by atoms with Gasteiger partial charge in [-0.2, -0.15) is 0 Å². The predicted molar refractivity (Wildman–Crippen MR) is 96.8 cm³/mol. The first-order chi connectivity index (χ1) is 11.4. The van der Waals surface area contributed by atoms with Crippen molar-refractivity contribution in [3.63, 3.8) is 0 Å². The summed E-state index contributed by atoms with van der Waals surface area (Å²) in [5.74, 6) is -1.03. The highest BCUT2D eigenvalue weighted by Gasteiger charge is 2.14. The van der Waals surface area contributed by atoms with Crippen LogP contribution in [-0.2, 0) is 14.3 Å². The number of quaternary nitrogens is 1. The molecule has 0 saturated heterocycles. The Labute approximate surface area is 147 Å². The quantitative estimate of drug-likeness (QED) is 0.201. The molecule has 24 heavy (non-hydrogen) atoms. The first kappa shape index (κ1) is 22.6. The minimum Gasteiger partial charge on any atom is -0.481 e. The van der Waals surface area contributed by atoms with Gasteiger partial charge in [0.15, 0.2) is 0 Å². The second-order valence-electron chi connectivity index (χ2n) is 7.08. The van der Waals surface area contributed by atoms with Gasteiger partial charge in [0.2, 0.25) is 0 Å². The molecule has 1 N–H and O–H groups in total. The van der Waals surface area contributed by atoms with Gasteiger partial charge in [0.25, 0.3) is 0 Å². The second-order valence-corrected chi connectivity index (χ2v) is 7.08. The van der Waals surface area contributed by atoms with Crippen molar-refractivity contribution in [3.8, 4) is 0 Å². The Kier molecular flexibility index (Phi) is 13.2. The molecule has 0 atom stereocenters. The molecule has 0 aromatic heterocycles. The number of carbonyl (C=O) groups is 2. The van der Waals surface area contributed by atoms with E-state index in [0.717, 1.165) is 36.8 Å². The van der Waals surface area contributed by atoms with E-state index in [4.69, 9.17) is 9.84 Å². The van der Waals surface area contributed by atoms with Crippen LogP contribution in [0, 0.1) is 0 Å². The lowest BCUT2D eigenvalue weighted by atomic mass is 10.1. The number of nitrogens with zero attached hydrogens (tertiary/aromatic N) is 1. The molecule has 0 bridgehead atoms. The van der Waals surface area contributed by atoms with Crippen LogP contribution in [0.15, 0.2) is 12.7 Å². The molecular formula is C19H36NO4+. The molecule has 0 heterocycles. The minimum absolute atomic E-state index is 0.272. The van der Waals surface area contributed by atoms with E-state index in [2.05, 4.69) is 20.7 Å². The zero-order valence-electron chi connectivity index (χ0n) is 15.6. The number of carboxylic acids is 1. The normalized spacial score (nSPS) is 11.2. The summed E-state index contributed by atoms with van der Waals surface area (Å²) in [5.41, 5.74) is 0. The highest BCUT2D eigenvalue weighted by atomic mass is 16.5. The van der Waals surface area contributed by atoms with Crippen molar-refractivity contribution >= 4 is 11.9 Å². The van der Waals surface area contributed by atoms with E-state index in [1.807, 2.05) is 0 Å². The third-order valence-corrected chi connectivity index (χ3v) is 4.22. The Balaban J connectivity index is 3.36. The van der Waals surface area contributed by atoms with Crippen LogP contribution in [0.4, 0.5) is 0 Å². The van der Waals surface area contributed by atoms with Gasteiger partial charge in [-0.25, -0.2) is 4.79 Å². The number of aliphatic carboxylic acids is 1. The molecule has 0 unspecified atom stereocenters. The van der Waals surface area contributed by atoms with E-state index in [1.165, 1.54) is 44.6 Å². The van der Waals surface area contributed by atoms with Crippen LogP contribution in [0.1, 0.15) is 64.2 Å². The third-order valence-electron chi connectivity index (χ3n) is 4.22. The van der Waals surface area contributed by atoms with Gasteiger partial charge in [-0.3, -0.25) is 4.79 Å². The van der Waals surface area contributed by atoms with Crippen molar-refractivity contribution < 1.29 is 23.9 Å². The summed E-state index contributed by atoms with van der Waals surface area (Å²) in [5, 5.41) is 8.68. The van der Waals surface area contributed by atoms with E-state index in [1.54, 1.807) is 0 Å². The topological polar surface area (TPSA) is 63.6 Å². The molecule has 0 aromatic rings. The largest absolute Gasteiger partial charge is 0.481 e. The second kappa shape index (κ2) is 14.0. The maximum Gasteiger partial charge on any atom is 0.330 e. The van der Waals surface area contributed by atoms with Crippen LogP contribution in [0.25, 0.3) is 0 Å². The molecule has 0 fully saturated rings. The van der Waals surface area contributed by atoms with Crippen LogP contribution in [0.5, 0.6) is 0 Å². The van der Waals surface area contributed by atoms with Gasteiger partial charge < -0.3 is 14.3 Å². The Morgan fingerprint density at radius 1 is 0.917 bits per heavy atom. The number of esters is 1. The predicted octanol–water partition coefficient (Wildman–Crippen LogP) is 3.78. The lowest BCUT2D eigenvalue weighted by molar-refractivity contribution is -0.890. The summed E-state index contributed by atoms with van der Waals surface area (Å²) in [6.45, 7) is 5.91. The summed E-state index contributed by atoms with van der Waals surface area (Å²) < 4.78 is 5.85. The van der Waals surface area contributed by atoms with Crippen molar-refractivity contribution in [3.05, 3.63) is 12.7 Å². The van der Waals surface area contributed by atoms with Gasteiger partial charge in [-0.1, -0.05) is 38.7 Å². The van der Waals surface area contributed by atoms with Crippen molar-refractivity contribution in [1.82, 2.24) is 0 Å². The van der Waals surface area contributed by atoms with Crippen LogP contribution < -0.4 is 0 Å². The molecule has 0 aliphatic rings. The fourth-order valence-electron chi connectivity index (χ4n) is 2.70. The Hall–Kier alpha value is -1.36. The molecule has 0 aliphatic carbocycles. The van der Waals surface area contributed by atoms with E-state index in [-0.39, 0.29) is 12.4 Å². The van der Waals surface area contributed by atoms with Gasteiger partial charge in [0.1, 0.15) is 0 Å². The zero-order chi connectivity index (χ0) is 18.3. The fourth-order valence-corrected chi connectivity index (χ4v) is 2.70. The monoisotopic (exact) mass is 342 g/mol. The standard InChI is InChI=1S/C19H35NO4/c1-4-19(23)24-17-12-10-8-6-5-7-9-11-15-20(2,3)16-13-14-18(21)22/h4H,1,5-17H2,2-3H3/p+1. The van der Waals surface area contributed by atoms with E-state index < -0.39 is 5.97 Å². The number of rotatable bonds is 16. The smallest absolute Gasteiger partial charge is 0.330 e. The van der Waals surface area contributed by atoms with Gasteiger partial charge in [0.05, 0.1) is 40.2 Å². The molecule has 0 aliphatic heterocycles. The maximum absolute atomic E-state index is 10.8. The molecule has 0 radical (unpaired) electrons. The average Bonchev–Trinajstić information content (AvgIpc) is 2.51. The van der Waals surface area contributed by atoms with Crippen molar-refractivity contribution in [2.45, 2.75) is 64.2 Å². The third kappa shape index (κ3) is 15.5. The minimum atomic E-state index is -0.700. The highest BCUT2D eigenvalue weighted by Crippen LogP contribution is 2.11. The summed E-state index contributed by atoms with van der Waals surface area (Å²) in [4.78, 5) is 21.4. The number of carboxylic acid groups (broad SMARTS) is 1. The fraction of sp³-hybridized carbons (Fsp3) is 0.789. The average molecular weight is 343 g/mol. The number of ether oxygens (including phenoxy) is 1. The Morgan fingerprint density at radius 2 is 1.42 bits per heavy atom. The van der Waals surface area contributed by atoms with Crippen LogP contribution in [-0.4, -0.2) is 55.3 Å². The van der Waals surface area contributed by atoms with Crippen LogP contribution in [0.2, 0.25) is 0 Å². The number of unbranched alkanes of at least 4 members (excludes halogenated alkanes) is 7. The summed E-state index contributed by atoms with van der Waals surface area (Å²) in [6.07, 6.45) is 11.7. The Morgan fingerprint density at radius 3 is 1.96 bits per heavy atom. The highest BCUT2D eigenvalue weighted by molar-refractivity contribution is 5.81. The summed E-state index contributed by atoms with van der Waals surface area (Å²) >= 11 is 0. The number of hydrogen-bond donors (Lipinski definition) is 1. The van der Waals surface area contributed by atoms with Crippen molar-refractivity contribution in [2.75, 3.05) is 33.8 Å². The summed E-state index contributed by atoms with van der Waals surface area (Å²) in [6, 6.07) is 0. The molecule has 0 spiro atoms. The molecule has 0 amide bonds. The first-order valence-electron chi connectivity index (χ1n) is 9.20. The zero-order valence-corrected chi connectivity index (χ0v) is 15.6. The molecular weight excluding hydrogens is 306 g/mol. The Bertz CT molecular complexity index is 366. The van der Waals surface area contributed by atoms with Gasteiger partial charge in [-0.05, 0) is 19.3 Å². The number of hydrogen-bond acceptors (Lipinski definition) is 3. The molecule has 5 heteroatoms. The van der Waals surface area contributed by atoms with Crippen molar-refractivity contribution in [1.29, 1.82) is 0 Å². The van der Waals surface area contributed by atoms with Crippen LogP contribution >= 0.6 is 0 Å². The maximum atomic E-state index is 10.8. The van der Waals surface area contributed by atoms with Gasteiger partial charge in [0, 0.05) is 12.5 Å². The molecule has 5 nitrogen and oxygen atoms in total. The molecule has 140 valence electrons. The van der Waals surface area contributed by atoms with E-state index in [0.29, 0.717) is 6.61 Å². The van der Waals surface area contributed by atoms with E-state index >= 15 is 0 Å². The molecule has 0 aromatic carbocycles. The SMILES string of the molecule is C=CC(=O)OCCCCCCCCCC[N+](C)(C)CCCC(=O)O. The van der Waals surface area contributed by atoms with Crippen molar-refractivity contribution in [2.24, 2.45) is 0 Å². The lowest BCUT2D eigenvalue weighted by Crippen LogP contribution is -2.41. The van der Waals surface area contributed by atoms with Gasteiger partial charge in [-0.15, -0.1) is 0 Å². The molecule has 0 rings (SSSR count). The van der Waals surface area contributed by atoms with Gasteiger partial charge >= 0.3 is 11.9 Å². The van der Waals surface area contributed by atoms with E-state index in [9.17, 15) is 9.59 Å². The lowest BCUT2D eigenvalue weighted by Gasteiger charge is -2.29. The first-order valence-corrected chi connectivity index (χ1v) is 9.20.